The van der Waals surface area contributed by atoms with E-state index in [1.54, 1.807) is 0 Å². The predicted octanol–water partition coefficient (Wildman–Crippen LogP) is 5.77. The number of aliphatic carboxylic acids is 2. The zero-order chi connectivity index (χ0) is 25.3. The van der Waals surface area contributed by atoms with E-state index in [1.807, 2.05) is 0 Å². The number of hydrogen-bond acceptors (Lipinski definition) is 2. The minimum Gasteiger partial charge on any atom is -0.481 e. The number of carboxylic acids is 2. The van der Waals surface area contributed by atoms with Crippen LogP contribution in [0.4, 0.5) is 11.4 Å². The van der Waals surface area contributed by atoms with Crippen molar-refractivity contribution in [1.82, 2.24) is 0 Å². The predicted molar refractivity (Wildman–Crippen MR) is 136 cm³/mol. The van der Waals surface area contributed by atoms with Crippen LogP contribution in [-0.4, -0.2) is 55.8 Å². The highest BCUT2D eigenvalue weighted by Gasteiger charge is 2.49. The summed E-state index contributed by atoms with van der Waals surface area (Å²) >= 11 is 0. The first kappa shape index (κ1) is 26.1. The van der Waals surface area contributed by atoms with Crippen molar-refractivity contribution in [1.29, 1.82) is 0 Å². The summed E-state index contributed by atoms with van der Waals surface area (Å²) in [6, 6.07) is 4.79. The van der Waals surface area contributed by atoms with Gasteiger partial charge in [0.2, 0.25) is 11.4 Å². The van der Waals surface area contributed by atoms with Gasteiger partial charge in [-0.2, -0.15) is 9.15 Å². The van der Waals surface area contributed by atoms with Crippen LogP contribution in [-0.2, 0) is 20.4 Å². The van der Waals surface area contributed by atoms with Gasteiger partial charge in [0.05, 0.1) is 10.8 Å². The molecule has 0 aliphatic carbocycles. The van der Waals surface area contributed by atoms with E-state index in [0.29, 0.717) is 0 Å². The van der Waals surface area contributed by atoms with Crippen LogP contribution < -0.4 is 0 Å². The Morgan fingerprint density at radius 1 is 0.676 bits per heavy atom. The van der Waals surface area contributed by atoms with Crippen molar-refractivity contribution >= 4 is 34.7 Å². The molecule has 2 aliphatic heterocycles. The average Bonchev–Trinajstić information content (AvgIpc) is 3.05. The second kappa shape index (κ2) is 10.0. The quantitative estimate of drug-likeness (QED) is 0.300. The Balaban J connectivity index is 1.85. The molecule has 2 N–H and O–H groups in total. The third-order valence-electron chi connectivity index (χ3n) is 8.21. The lowest BCUT2D eigenvalue weighted by molar-refractivity contribution is -0.442. The molecule has 0 fully saturated rings. The second-order valence-electron chi connectivity index (χ2n) is 11.0. The SMILES string of the molecule is CC1=[N+](CCCCCC(=O)O)c2cc3c(cc2C1(C)C)[N+](CCCCCC(=O)O)=C(C)C3(C)C. The summed E-state index contributed by atoms with van der Waals surface area (Å²) in [6.07, 6.45) is 5.75. The zero-order valence-electron chi connectivity index (χ0n) is 21.8. The van der Waals surface area contributed by atoms with Gasteiger partial charge in [0.15, 0.2) is 11.4 Å². The number of unbranched alkanes of at least 4 members (excludes halogenated alkanes) is 4. The van der Waals surface area contributed by atoms with Crippen molar-refractivity contribution in [3.8, 4) is 0 Å². The van der Waals surface area contributed by atoms with E-state index < -0.39 is 11.9 Å². The molecule has 2 heterocycles. The number of rotatable bonds is 12. The molecule has 186 valence electrons. The molecular weight excluding hydrogens is 428 g/mol. The van der Waals surface area contributed by atoms with Gasteiger partial charge in [0.1, 0.15) is 13.1 Å². The van der Waals surface area contributed by atoms with Crippen molar-refractivity contribution < 1.29 is 29.0 Å². The first-order valence-electron chi connectivity index (χ1n) is 12.7. The van der Waals surface area contributed by atoms with Crippen molar-refractivity contribution in [2.24, 2.45) is 0 Å². The van der Waals surface area contributed by atoms with Gasteiger partial charge in [-0.3, -0.25) is 9.59 Å². The topological polar surface area (TPSA) is 80.6 Å². The van der Waals surface area contributed by atoms with E-state index in [-0.39, 0.29) is 23.7 Å². The van der Waals surface area contributed by atoms with Gasteiger partial charge < -0.3 is 10.2 Å². The van der Waals surface area contributed by atoms with E-state index in [9.17, 15) is 9.59 Å². The molecular formula is C28H42N2O4+2. The molecule has 0 atom stereocenters. The third kappa shape index (κ3) is 4.96. The number of fused-ring (bicyclic) bond motifs is 2. The highest BCUT2D eigenvalue weighted by molar-refractivity contribution is 5.97. The van der Waals surface area contributed by atoms with Crippen molar-refractivity contribution in [2.45, 2.75) is 104 Å². The van der Waals surface area contributed by atoms with Crippen LogP contribution in [0.3, 0.4) is 0 Å². The maximum atomic E-state index is 10.8. The fourth-order valence-electron chi connectivity index (χ4n) is 5.47. The lowest BCUT2D eigenvalue weighted by Gasteiger charge is -2.17. The molecule has 0 radical (unpaired) electrons. The number of carbonyl (C=O) groups is 2. The third-order valence-corrected chi connectivity index (χ3v) is 8.21. The molecule has 0 spiro atoms. The molecule has 0 unspecified atom stereocenters. The van der Waals surface area contributed by atoms with E-state index >= 15 is 0 Å². The normalized spacial score (nSPS) is 17.8. The number of hydrogen-bond donors (Lipinski definition) is 2. The molecule has 0 saturated heterocycles. The van der Waals surface area contributed by atoms with Gasteiger partial charge in [-0.05, 0) is 53.4 Å². The Labute approximate surface area is 204 Å². The van der Waals surface area contributed by atoms with Crippen LogP contribution in [0.25, 0.3) is 0 Å². The molecule has 0 saturated carbocycles. The summed E-state index contributed by atoms with van der Waals surface area (Å²) in [5, 5.41) is 17.8. The second-order valence-corrected chi connectivity index (χ2v) is 11.0. The van der Waals surface area contributed by atoms with Gasteiger partial charge in [0.25, 0.3) is 0 Å². The summed E-state index contributed by atoms with van der Waals surface area (Å²) in [5.74, 6) is -1.43. The first-order valence-corrected chi connectivity index (χ1v) is 12.7. The smallest absolute Gasteiger partial charge is 0.303 e. The molecule has 0 bridgehead atoms. The Kier molecular flexibility index (Phi) is 7.69. The summed E-state index contributed by atoms with van der Waals surface area (Å²) in [7, 11) is 0. The van der Waals surface area contributed by atoms with Crippen molar-refractivity contribution in [2.75, 3.05) is 13.1 Å². The van der Waals surface area contributed by atoms with Gasteiger partial charge in [-0.15, -0.1) is 0 Å². The molecule has 1 aromatic carbocycles. The molecule has 1 aromatic rings. The Morgan fingerprint density at radius 3 is 1.35 bits per heavy atom. The van der Waals surface area contributed by atoms with E-state index in [1.165, 1.54) is 33.9 Å². The summed E-state index contributed by atoms with van der Waals surface area (Å²) in [6.45, 7) is 15.5. The fraction of sp³-hybridized carbons (Fsp3) is 0.643. The van der Waals surface area contributed by atoms with E-state index in [0.717, 1.165) is 51.6 Å². The highest BCUT2D eigenvalue weighted by atomic mass is 16.4. The van der Waals surface area contributed by atoms with Crippen LogP contribution in [0.1, 0.15) is 104 Å². The Hall–Kier alpha value is -2.50. The highest BCUT2D eigenvalue weighted by Crippen LogP contribution is 2.48. The monoisotopic (exact) mass is 470 g/mol. The lowest BCUT2D eigenvalue weighted by Crippen LogP contribution is -2.27. The summed E-state index contributed by atoms with van der Waals surface area (Å²) < 4.78 is 4.91. The summed E-state index contributed by atoms with van der Waals surface area (Å²) in [5.41, 5.74) is 7.89. The van der Waals surface area contributed by atoms with Crippen LogP contribution in [0.2, 0.25) is 0 Å². The number of benzene rings is 1. The molecule has 34 heavy (non-hydrogen) atoms. The molecule has 0 aromatic heterocycles. The van der Waals surface area contributed by atoms with Gasteiger partial charge in [-0.25, -0.2) is 0 Å². The Bertz CT molecular complexity index is 963. The van der Waals surface area contributed by atoms with Crippen LogP contribution in [0, 0.1) is 0 Å². The van der Waals surface area contributed by atoms with Crippen LogP contribution in [0.15, 0.2) is 12.1 Å². The van der Waals surface area contributed by atoms with Gasteiger partial charge in [0, 0.05) is 62.8 Å². The molecule has 6 heteroatoms. The maximum Gasteiger partial charge on any atom is 0.303 e. The Morgan fingerprint density at radius 2 is 1.03 bits per heavy atom. The number of carboxylic acid groups (broad SMARTS) is 2. The molecule has 3 rings (SSSR count). The minimum absolute atomic E-state index is 0.0563. The largest absolute Gasteiger partial charge is 0.481 e. The van der Waals surface area contributed by atoms with Gasteiger partial charge in [-0.1, -0.05) is 0 Å². The maximum absolute atomic E-state index is 10.8. The average molecular weight is 471 g/mol. The van der Waals surface area contributed by atoms with E-state index in [2.05, 4.69) is 62.8 Å². The fourth-order valence-corrected chi connectivity index (χ4v) is 5.47. The van der Waals surface area contributed by atoms with Crippen molar-refractivity contribution in [3.63, 3.8) is 0 Å². The lowest BCUT2D eigenvalue weighted by atomic mass is 9.78. The van der Waals surface area contributed by atoms with Gasteiger partial charge >= 0.3 is 11.9 Å². The minimum atomic E-state index is -0.716. The van der Waals surface area contributed by atoms with Crippen LogP contribution >= 0.6 is 0 Å². The standard InChI is InChI=1S/C28H40N2O4/c1-19-27(3,4)21-17-24-22(18-23(21)29(19)15-11-7-9-13-25(31)32)28(5,6)20(2)30(24)16-12-8-10-14-26(33)34/h17-18H,7-16H2,1-6H3/p+2. The summed E-state index contributed by atoms with van der Waals surface area (Å²) in [4.78, 5) is 21.6. The number of nitrogens with zero attached hydrogens (tertiary/aromatic N) is 2. The van der Waals surface area contributed by atoms with E-state index in [4.69, 9.17) is 10.2 Å². The van der Waals surface area contributed by atoms with Crippen LogP contribution in [0.5, 0.6) is 0 Å². The molecule has 0 amide bonds. The molecule has 6 nitrogen and oxygen atoms in total. The van der Waals surface area contributed by atoms with Crippen molar-refractivity contribution in [3.05, 3.63) is 23.3 Å². The zero-order valence-corrected chi connectivity index (χ0v) is 21.8. The molecule has 2 aliphatic rings. The first-order chi connectivity index (χ1) is 15.9.